The molecule has 2 saturated heterocycles. The minimum atomic E-state index is -0.509. The van der Waals surface area contributed by atoms with Crippen LogP contribution in [0.15, 0.2) is 58.4 Å². The summed E-state index contributed by atoms with van der Waals surface area (Å²) < 4.78 is 35.5. The van der Waals surface area contributed by atoms with Gasteiger partial charge in [0.2, 0.25) is 0 Å². The van der Waals surface area contributed by atoms with Crippen molar-refractivity contribution in [2.45, 2.75) is 77.2 Å². The summed E-state index contributed by atoms with van der Waals surface area (Å²) in [6.07, 6.45) is 5.80. The number of hydrogen-bond acceptors (Lipinski definition) is 9. The lowest BCUT2D eigenvalue weighted by molar-refractivity contribution is 0.0478. The summed E-state index contributed by atoms with van der Waals surface area (Å²) in [6.45, 7) is 11.5. The van der Waals surface area contributed by atoms with Crippen LogP contribution in [0.2, 0.25) is 0 Å². The molecule has 0 atom stereocenters. The van der Waals surface area contributed by atoms with E-state index < -0.39 is 5.60 Å². The van der Waals surface area contributed by atoms with Crippen LogP contribution < -0.4 is 22.2 Å². The molecule has 49 heavy (non-hydrogen) atoms. The Morgan fingerprint density at radius 2 is 1.24 bits per heavy atom. The van der Waals surface area contributed by atoms with Crippen LogP contribution in [-0.2, 0) is 17.8 Å². The maximum atomic E-state index is 13.6. The highest BCUT2D eigenvalue weighted by Crippen LogP contribution is 2.16. The molecule has 4 heterocycles. The number of rotatable bonds is 7. The Balaban J connectivity index is 0.000000199. The van der Waals surface area contributed by atoms with Crippen LogP contribution in [0.1, 0.15) is 46.5 Å². The summed E-state index contributed by atoms with van der Waals surface area (Å²) in [5.41, 5.74) is 7.24. The normalized spacial score (nSPS) is 16.8. The minimum Gasteiger partial charge on any atom is -0.444 e. The maximum Gasteiger partial charge on any atom is 0.407 e. The second-order valence-electron chi connectivity index (χ2n) is 13.7. The van der Waals surface area contributed by atoms with Crippen molar-refractivity contribution < 1.29 is 18.3 Å². The minimum absolute atomic E-state index is 0.0877. The van der Waals surface area contributed by atoms with E-state index >= 15 is 0 Å². The number of hydrogen-bond donors (Lipinski definition) is 2. The molecule has 2 aromatic carbocycles. The van der Waals surface area contributed by atoms with Crippen LogP contribution in [-0.4, -0.2) is 91.9 Å². The van der Waals surface area contributed by atoms with Crippen molar-refractivity contribution in [2.75, 3.05) is 39.3 Å². The Hall–Kier alpha value is -4.27. The average Bonchev–Trinajstić information content (AvgIpc) is 3.05. The highest BCUT2D eigenvalue weighted by atomic mass is 19.1. The first-order valence-electron chi connectivity index (χ1n) is 16.8. The smallest absolute Gasteiger partial charge is 0.407 e. The summed E-state index contributed by atoms with van der Waals surface area (Å²) in [5.74, 6) is -0.740. The molecule has 2 aliphatic rings. The first kappa shape index (κ1) is 36.0. The van der Waals surface area contributed by atoms with E-state index in [2.05, 4.69) is 25.1 Å². The number of benzene rings is 2. The van der Waals surface area contributed by atoms with Gasteiger partial charge in [0.15, 0.2) is 0 Å². The lowest BCUT2D eigenvalue weighted by Gasteiger charge is -2.33. The van der Waals surface area contributed by atoms with Crippen molar-refractivity contribution >= 4 is 28.2 Å². The third kappa shape index (κ3) is 10.1. The van der Waals surface area contributed by atoms with E-state index in [4.69, 9.17) is 10.5 Å². The Morgan fingerprint density at radius 1 is 0.796 bits per heavy atom. The predicted molar refractivity (Wildman–Crippen MR) is 184 cm³/mol. The molecule has 264 valence electrons. The number of piperidine rings is 2. The first-order valence-corrected chi connectivity index (χ1v) is 16.8. The molecule has 4 aromatic rings. The second kappa shape index (κ2) is 16.0. The lowest BCUT2D eigenvalue weighted by Crippen LogP contribution is -2.46. The Morgan fingerprint density at radius 3 is 1.69 bits per heavy atom. The quantitative estimate of drug-likeness (QED) is 0.300. The number of aromatic nitrogens is 4. The number of ether oxygens (including phenoxy) is 1. The van der Waals surface area contributed by atoms with E-state index in [1.165, 1.54) is 36.7 Å². The van der Waals surface area contributed by atoms with E-state index in [1.807, 2.05) is 20.8 Å². The van der Waals surface area contributed by atoms with Gasteiger partial charge in [-0.1, -0.05) is 0 Å². The van der Waals surface area contributed by atoms with Gasteiger partial charge >= 0.3 is 6.09 Å². The van der Waals surface area contributed by atoms with Crippen molar-refractivity contribution in [3.63, 3.8) is 0 Å². The molecule has 14 heteroatoms. The first-order chi connectivity index (χ1) is 23.3. The predicted octanol–water partition coefficient (Wildman–Crippen LogP) is 3.48. The zero-order chi connectivity index (χ0) is 35.1. The number of carbonyl (C=O) groups is 1. The van der Waals surface area contributed by atoms with Crippen molar-refractivity contribution in [3.8, 4) is 0 Å². The molecule has 0 spiro atoms. The van der Waals surface area contributed by atoms with Gasteiger partial charge in [-0.15, -0.1) is 0 Å². The number of nitrogens with zero attached hydrogens (tertiary/aromatic N) is 6. The number of nitrogens with two attached hydrogens (primary N) is 1. The van der Waals surface area contributed by atoms with Gasteiger partial charge in [0.25, 0.3) is 11.1 Å². The van der Waals surface area contributed by atoms with Gasteiger partial charge in [-0.25, -0.2) is 23.5 Å². The number of alkyl carbamates (subject to hydrolysis) is 1. The maximum absolute atomic E-state index is 13.6. The third-order valence-electron chi connectivity index (χ3n) is 8.84. The van der Waals surface area contributed by atoms with Gasteiger partial charge in [-0.3, -0.25) is 9.59 Å². The standard InChI is InChI=1S/C20H27FN4O3.C15H19FN4O/c1-20(2,3)28-19(27)23-15-6-8-24(9-7-15)10-11-25-17-12-14(21)4-5-16(17)22-13-18(25)26;16-11-1-2-13-14(9-11)20(15(21)10-18-13)8-7-19-5-3-12(17)4-6-19/h4-5,12-13,15H,6-11H2,1-3H3,(H,23,27);1-2,9-10,12H,3-8,17H2. The van der Waals surface area contributed by atoms with E-state index in [1.54, 1.807) is 21.3 Å². The Kier molecular flexibility index (Phi) is 11.7. The molecule has 0 aliphatic carbocycles. The molecule has 0 saturated carbocycles. The zero-order valence-corrected chi connectivity index (χ0v) is 28.4. The topological polar surface area (TPSA) is 141 Å². The van der Waals surface area contributed by atoms with Gasteiger partial charge in [-0.2, -0.15) is 0 Å². The fourth-order valence-electron chi connectivity index (χ4n) is 6.17. The average molecular weight is 681 g/mol. The molecular weight excluding hydrogens is 634 g/mol. The number of halogens is 2. The summed E-state index contributed by atoms with van der Waals surface area (Å²) in [5, 5.41) is 2.92. The van der Waals surface area contributed by atoms with Crippen LogP contribution in [0.25, 0.3) is 22.1 Å². The number of likely N-dealkylation sites (tertiary alicyclic amines) is 2. The molecule has 1 amide bonds. The van der Waals surface area contributed by atoms with Crippen molar-refractivity contribution in [1.82, 2.24) is 34.2 Å². The molecule has 6 rings (SSSR count). The fraction of sp³-hybridized carbons (Fsp3) is 0.514. The van der Waals surface area contributed by atoms with Crippen molar-refractivity contribution in [1.29, 1.82) is 0 Å². The van der Waals surface area contributed by atoms with Crippen LogP contribution in [0.5, 0.6) is 0 Å². The largest absolute Gasteiger partial charge is 0.444 e. The molecule has 0 unspecified atom stereocenters. The lowest BCUT2D eigenvalue weighted by atomic mass is 10.1. The molecule has 3 N–H and O–H groups in total. The van der Waals surface area contributed by atoms with Crippen LogP contribution >= 0.6 is 0 Å². The van der Waals surface area contributed by atoms with Gasteiger partial charge < -0.3 is 34.7 Å². The highest BCUT2D eigenvalue weighted by molar-refractivity contribution is 5.75. The van der Waals surface area contributed by atoms with Crippen LogP contribution in [0, 0.1) is 11.6 Å². The molecule has 2 fully saturated rings. The van der Waals surface area contributed by atoms with Gasteiger partial charge in [0.05, 0.1) is 34.5 Å². The van der Waals surface area contributed by atoms with Crippen molar-refractivity contribution in [3.05, 3.63) is 81.1 Å². The number of fused-ring (bicyclic) bond motifs is 2. The molecule has 0 radical (unpaired) electrons. The molecule has 2 aromatic heterocycles. The SMILES string of the molecule is CC(C)(C)OC(=O)NC1CCN(CCn2c(=O)cnc3ccc(F)cc32)CC1.NC1CCN(CCn2c(=O)cnc3ccc(F)cc32)CC1. The number of amides is 1. The van der Waals surface area contributed by atoms with Gasteiger partial charge in [0, 0.05) is 51.4 Å². The zero-order valence-electron chi connectivity index (χ0n) is 28.4. The number of nitrogens with one attached hydrogen (secondary N) is 1. The summed E-state index contributed by atoms with van der Waals surface area (Å²) >= 11 is 0. The van der Waals surface area contributed by atoms with Crippen LogP contribution in [0.3, 0.4) is 0 Å². The van der Waals surface area contributed by atoms with E-state index in [0.29, 0.717) is 47.7 Å². The van der Waals surface area contributed by atoms with Gasteiger partial charge in [0.1, 0.15) is 17.2 Å². The molecular formula is C35H46F2N8O4. The molecule has 12 nitrogen and oxygen atoms in total. The Bertz CT molecular complexity index is 1860. The monoisotopic (exact) mass is 680 g/mol. The fourth-order valence-corrected chi connectivity index (χ4v) is 6.17. The van der Waals surface area contributed by atoms with Crippen molar-refractivity contribution in [2.24, 2.45) is 5.73 Å². The van der Waals surface area contributed by atoms with Gasteiger partial charge in [-0.05, 0) is 95.9 Å². The number of carbonyl (C=O) groups excluding carboxylic acids is 1. The summed E-state index contributed by atoms with van der Waals surface area (Å²) in [6, 6.07) is 8.97. The Labute approximate surface area is 283 Å². The molecule has 2 aliphatic heterocycles. The molecule has 0 bridgehead atoms. The highest BCUT2D eigenvalue weighted by Gasteiger charge is 2.24. The van der Waals surface area contributed by atoms with E-state index in [0.717, 1.165) is 58.4 Å². The van der Waals surface area contributed by atoms with E-state index in [-0.39, 0.29) is 34.9 Å². The van der Waals surface area contributed by atoms with E-state index in [9.17, 15) is 23.2 Å². The van der Waals surface area contributed by atoms with Crippen LogP contribution in [0.4, 0.5) is 13.6 Å². The summed E-state index contributed by atoms with van der Waals surface area (Å²) in [7, 11) is 0. The second-order valence-corrected chi connectivity index (χ2v) is 13.7. The summed E-state index contributed by atoms with van der Waals surface area (Å²) in [4.78, 5) is 48.8. The third-order valence-corrected chi connectivity index (χ3v) is 8.84.